The number of carboxylic acid groups (broad SMARTS) is 1. The van der Waals surface area contributed by atoms with Gasteiger partial charge in [-0.25, -0.2) is 4.98 Å². The maximum absolute atomic E-state index is 10.6. The molecular formula is C13H21N3O2S. The van der Waals surface area contributed by atoms with E-state index in [0.717, 1.165) is 23.9 Å². The van der Waals surface area contributed by atoms with Crippen molar-refractivity contribution < 1.29 is 9.90 Å². The van der Waals surface area contributed by atoms with Crippen LogP contribution in [0.3, 0.4) is 0 Å². The van der Waals surface area contributed by atoms with Gasteiger partial charge in [-0.2, -0.15) is 0 Å². The highest BCUT2D eigenvalue weighted by Crippen LogP contribution is 2.28. The minimum absolute atomic E-state index is 0.153. The molecule has 1 aliphatic heterocycles. The number of nitrogens with zero attached hydrogens (tertiary/aromatic N) is 3. The summed E-state index contributed by atoms with van der Waals surface area (Å²) in [7, 11) is 4.23. The van der Waals surface area contributed by atoms with Gasteiger partial charge < -0.3 is 14.9 Å². The number of hydrogen-bond donors (Lipinski definition) is 1. The van der Waals surface area contributed by atoms with Crippen molar-refractivity contribution >= 4 is 22.4 Å². The summed E-state index contributed by atoms with van der Waals surface area (Å²) in [6, 6.07) is 0.561. The fourth-order valence-electron chi connectivity index (χ4n) is 2.57. The van der Waals surface area contributed by atoms with Gasteiger partial charge in [-0.05, 0) is 20.0 Å². The van der Waals surface area contributed by atoms with Gasteiger partial charge in [0.2, 0.25) is 0 Å². The van der Waals surface area contributed by atoms with Crippen LogP contribution in [0.15, 0.2) is 5.38 Å². The smallest absolute Gasteiger partial charge is 0.303 e. The zero-order valence-corrected chi connectivity index (χ0v) is 12.5. The van der Waals surface area contributed by atoms with Crippen molar-refractivity contribution in [3.63, 3.8) is 0 Å². The van der Waals surface area contributed by atoms with Crippen LogP contribution in [0.1, 0.15) is 19.0 Å². The van der Waals surface area contributed by atoms with Crippen LogP contribution in [0.25, 0.3) is 0 Å². The van der Waals surface area contributed by atoms with Crippen LogP contribution in [-0.4, -0.2) is 54.2 Å². The Balaban J connectivity index is 1.98. The van der Waals surface area contributed by atoms with E-state index in [0.29, 0.717) is 18.4 Å². The van der Waals surface area contributed by atoms with Gasteiger partial charge in [0.1, 0.15) is 0 Å². The number of likely N-dealkylation sites (N-methyl/N-ethyl adjacent to an activating group) is 1. The van der Waals surface area contributed by atoms with E-state index in [1.807, 2.05) is 5.38 Å². The zero-order valence-electron chi connectivity index (χ0n) is 11.7. The highest BCUT2D eigenvalue weighted by molar-refractivity contribution is 7.13. The highest BCUT2D eigenvalue weighted by atomic mass is 32.1. The van der Waals surface area contributed by atoms with E-state index in [2.05, 4.69) is 35.8 Å². The minimum atomic E-state index is -0.767. The SMILES string of the molecule is CC1CN(c2nc(CCC(=O)O)cs2)CC1N(C)C. The molecule has 0 aromatic carbocycles. The molecule has 6 heteroatoms. The van der Waals surface area contributed by atoms with E-state index in [9.17, 15) is 4.79 Å². The molecule has 0 amide bonds. The van der Waals surface area contributed by atoms with Gasteiger partial charge in [0, 0.05) is 30.9 Å². The van der Waals surface area contributed by atoms with Crippen LogP contribution < -0.4 is 4.90 Å². The van der Waals surface area contributed by atoms with E-state index >= 15 is 0 Å². The van der Waals surface area contributed by atoms with Crippen LogP contribution in [0.4, 0.5) is 5.13 Å². The number of anilines is 1. The Kier molecular flexibility index (Phi) is 4.42. The maximum Gasteiger partial charge on any atom is 0.303 e. The summed E-state index contributed by atoms with van der Waals surface area (Å²) in [5.41, 5.74) is 0.892. The average Bonchev–Trinajstić information content (AvgIpc) is 2.92. The van der Waals surface area contributed by atoms with Crippen LogP contribution in [0.5, 0.6) is 0 Å². The summed E-state index contributed by atoms with van der Waals surface area (Å²) in [5.74, 6) is -0.140. The molecule has 0 saturated carbocycles. The van der Waals surface area contributed by atoms with Crippen molar-refractivity contribution in [1.82, 2.24) is 9.88 Å². The molecule has 2 rings (SSSR count). The quantitative estimate of drug-likeness (QED) is 0.888. The molecule has 2 atom stereocenters. The van der Waals surface area contributed by atoms with Gasteiger partial charge >= 0.3 is 5.97 Å². The molecule has 0 bridgehead atoms. The molecule has 5 nitrogen and oxygen atoms in total. The molecule has 0 spiro atoms. The lowest BCUT2D eigenvalue weighted by atomic mass is 10.1. The topological polar surface area (TPSA) is 56.7 Å². The minimum Gasteiger partial charge on any atom is -0.481 e. The summed E-state index contributed by atoms with van der Waals surface area (Å²) in [5, 5.41) is 11.7. The normalized spacial score (nSPS) is 23.3. The van der Waals surface area contributed by atoms with Crippen molar-refractivity contribution in [3.05, 3.63) is 11.1 Å². The Morgan fingerprint density at radius 2 is 2.32 bits per heavy atom. The zero-order chi connectivity index (χ0) is 14.0. The Morgan fingerprint density at radius 1 is 1.58 bits per heavy atom. The maximum atomic E-state index is 10.6. The first kappa shape index (κ1) is 14.3. The molecule has 1 aromatic rings. The van der Waals surface area contributed by atoms with Crippen molar-refractivity contribution in [1.29, 1.82) is 0 Å². The highest BCUT2D eigenvalue weighted by Gasteiger charge is 2.32. The number of carboxylic acids is 1. The summed E-state index contributed by atoms with van der Waals surface area (Å²) in [6.45, 7) is 4.29. The standard InChI is InChI=1S/C13H21N3O2S/c1-9-6-16(7-11(9)15(2)3)13-14-10(8-19-13)4-5-12(17)18/h8-9,11H,4-7H2,1-3H3,(H,17,18). The third-order valence-corrected chi connectivity index (χ3v) is 4.59. The third-order valence-electron chi connectivity index (χ3n) is 3.64. The van der Waals surface area contributed by atoms with E-state index in [1.54, 1.807) is 11.3 Å². The molecule has 19 heavy (non-hydrogen) atoms. The molecular weight excluding hydrogens is 262 g/mol. The summed E-state index contributed by atoms with van der Waals surface area (Å²) < 4.78 is 0. The first-order valence-electron chi connectivity index (χ1n) is 6.55. The molecule has 1 aliphatic rings. The Labute approximate surface area is 117 Å². The molecule has 1 fully saturated rings. The molecule has 0 aliphatic carbocycles. The largest absolute Gasteiger partial charge is 0.481 e. The summed E-state index contributed by atoms with van der Waals surface area (Å²) in [6.07, 6.45) is 0.673. The van der Waals surface area contributed by atoms with Crippen molar-refractivity contribution in [2.75, 3.05) is 32.1 Å². The van der Waals surface area contributed by atoms with Crippen LogP contribution in [0, 0.1) is 5.92 Å². The van der Waals surface area contributed by atoms with E-state index in [4.69, 9.17) is 5.11 Å². The number of aliphatic carboxylic acids is 1. The number of carbonyl (C=O) groups is 1. The number of rotatable bonds is 5. The van der Waals surface area contributed by atoms with Crippen molar-refractivity contribution in [2.24, 2.45) is 5.92 Å². The molecule has 2 heterocycles. The number of thiazole rings is 1. The third kappa shape index (κ3) is 3.45. The summed E-state index contributed by atoms with van der Waals surface area (Å²) >= 11 is 1.62. The molecule has 1 N–H and O–H groups in total. The number of aryl methyl sites for hydroxylation is 1. The molecule has 0 radical (unpaired) electrons. The Morgan fingerprint density at radius 3 is 2.89 bits per heavy atom. The Hall–Kier alpha value is -1.14. The number of aromatic nitrogens is 1. The fraction of sp³-hybridized carbons (Fsp3) is 0.692. The van der Waals surface area contributed by atoms with Gasteiger partial charge in [-0.15, -0.1) is 11.3 Å². The second kappa shape index (κ2) is 5.88. The van der Waals surface area contributed by atoms with E-state index < -0.39 is 5.97 Å². The monoisotopic (exact) mass is 283 g/mol. The second-order valence-corrected chi connectivity index (χ2v) is 6.26. The van der Waals surface area contributed by atoms with Crippen molar-refractivity contribution in [2.45, 2.75) is 25.8 Å². The van der Waals surface area contributed by atoms with Crippen molar-refractivity contribution in [3.8, 4) is 0 Å². The van der Waals surface area contributed by atoms with Gasteiger partial charge in [-0.1, -0.05) is 6.92 Å². The second-order valence-electron chi connectivity index (χ2n) is 5.43. The van der Waals surface area contributed by atoms with Gasteiger partial charge in [0.05, 0.1) is 12.1 Å². The first-order chi connectivity index (χ1) is 8.97. The lowest BCUT2D eigenvalue weighted by Crippen LogP contribution is -2.34. The molecule has 106 valence electrons. The molecule has 1 saturated heterocycles. The van der Waals surface area contributed by atoms with E-state index in [-0.39, 0.29) is 6.42 Å². The van der Waals surface area contributed by atoms with Gasteiger partial charge in [0.25, 0.3) is 0 Å². The predicted molar refractivity (Wildman–Crippen MR) is 76.9 cm³/mol. The Bertz CT molecular complexity index is 447. The predicted octanol–water partition coefficient (Wildman–Crippen LogP) is 1.55. The molecule has 2 unspecified atom stereocenters. The van der Waals surface area contributed by atoms with Crippen LogP contribution in [0.2, 0.25) is 0 Å². The van der Waals surface area contributed by atoms with Gasteiger partial charge in [-0.3, -0.25) is 4.79 Å². The van der Waals surface area contributed by atoms with Crippen LogP contribution >= 0.6 is 11.3 Å². The lowest BCUT2D eigenvalue weighted by Gasteiger charge is -2.22. The summed E-state index contributed by atoms with van der Waals surface area (Å²) in [4.78, 5) is 19.7. The number of hydrogen-bond acceptors (Lipinski definition) is 5. The van der Waals surface area contributed by atoms with E-state index in [1.165, 1.54) is 0 Å². The average molecular weight is 283 g/mol. The molecule has 1 aromatic heterocycles. The van der Waals surface area contributed by atoms with Crippen LogP contribution in [-0.2, 0) is 11.2 Å². The van der Waals surface area contributed by atoms with Gasteiger partial charge in [0.15, 0.2) is 5.13 Å². The fourth-order valence-corrected chi connectivity index (χ4v) is 3.45. The lowest BCUT2D eigenvalue weighted by molar-refractivity contribution is -0.136. The first-order valence-corrected chi connectivity index (χ1v) is 7.43.